The van der Waals surface area contributed by atoms with Gasteiger partial charge in [-0.3, -0.25) is 0 Å². The van der Waals surface area contributed by atoms with E-state index < -0.39 is 12.0 Å². The van der Waals surface area contributed by atoms with Crippen LogP contribution in [0.15, 0.2) is 41.1 Å². The molecule has 2 heterocycles. The third-order valence-electron chi connectivity index (χ3n) is 3.57. The minimum atomic E-state index is -0.982. The molecule has 1 aliphatic rings. The van der Waals surface area contributed by atoms with Gasteiger partial charge >= 0.3 is 12.0 Å². The summed E-state index contributed by atoms with van der Waals surface area (Å²) in [6, 6.07) is 8.20. The zero-order valence-electron chi connectivity index (χ0n) is 11.2. The number of carbonyl (C=O) groups is 2. The molecule has 0 spiro atoms. The number of fused-ring (bicyclic) bond motifs is 1. The lowest BCUT2D eigenvalue weighted by atomic mass is 9.94. The van der Waals surface area contributed by atoms with Crippen molar-refractivity contribution in [2.75, 3.05) is 5.32 Å². The van der Waals surface area contributed by atoms with Crippen molar-refractivity contribution in [3.8, 4) is 0 Å². The monoisotopic (exact) mass is 302 g/mol. The SMILES string of the molecule is O=C(O)[C@H]1Cc2ccccc2CN1C(=O)Nc1ccsc1. The lowest BCUT2D eigenvalue weighted by Gasteiger charge is -2.34. The standard InChI is InChI=1S/C15H14N2O3S/c18-14(19)13-7-10-3-1-2-4-11(10)8-17(13)15(20)16-12-5-6-21-9-12/h1-6,9,13H,7-8H2,(H,16,20)(H,18,19)/t13-/m1/s1. The van der Waals surface area contributed by atoms with Crippen LogP contribution in [0, 0.1) is 0 Å². The second kappa shape index (κ2) is 5.57. The number of carboxylic acid groups (broad SMARTS) is 1. The Kier molecular flexibility index (Phi) is 3.62. The lowest BCUT2D eigenvalue weighted by Crippen LogP contribution is -2.50. The topological polar surface area (TPSA) is 69.6 Å². The van der Waals surface area contributed by atoms with Gasteiger partial charge in [-0.1, -0.05) is 24.3 Å². The third-order valence-corrected chi connectivity index (χ3v) is 4.25. The molecular weight excluding hydrogens is 288 g/mol. The van der Waals surface area contributed by atoms with Gasteiger partial charge in [0.15, 0.2) is 0 Å². The molecule has 1 aromatic carbocycles. The summed E-state index contributed by atoms with van der Waals surface area (Å²) in [4.78, 5) is 25.2. The average Bonchev–Trinajstić information content (AvgIpc) is 2.98. The second-order valence-corrected chi connectivity index (χ2v) is 5.68. The van der Waals surface area contributed by atoms with Crippen molar-refractivity contribution in [3.63, 3.8) is 0 Å². The summed E-state index contributed by atoms with van der Waals surface area (Å²) in [5.74, 6) is -0.982. The van der Waals surface area contributed by atoms with Crippen LogP contribution >= 0.6 is 11.3 Å². The molecular formula is C15H14N2O3S. The van der Waals surface area contributed by atoms with Crippen molar-refractivity contribution in [3.05, 3.63) is 52.2 Å². The van der Waals surface area contributed by atoms with E-state index in [4.69, 9.17) is 0 Å². The number of carbonyl (C=O) groups excluding carboxylic acids is 1. The first-order valence-corrected chi connectivity index (χ1v) is 7.49. The molecule has 1 aromatic heterocycles. The van der Waals surface area contributed by atoms with Gasteiger partial charge in [0.05, 0.1) is 5.69 Å². The Labute approximate surface area is 125 Å². The molecule has 1 aliphatic heterocycles. The van der Waals surface area contributed by atoms with Gasteiger partial charge in [0.1, 0.15) is 6.04 Å². The van der Waals surface area contributed by atoms with E-state index in [1.54, 1.807) is 6.07 Å². The number of amides is 2. The summed E-state index contributed by atoms with van der Waals surface area (Å²) in [5.41, 5.74) is 2.67. The zero-order chi connectivity index (χ0) is 14.8. The zero-order valence-corrected chi connectivity index (χ0v) is 12.0. The highest BCUT2D eigenvalue weighted by Gasteiger charge is 2.34. The maximum Gasteiger partial charge on any atom is 0.326 e. The molecule has 2 aromatic rings. The number of urea groups is 1. The minimum Gasteiger partial charge on any atom is -0.480 e. The molecule has 108 valence electrons. The van der Waals surface area contributed by atoms with Crippen LogP contribution in [0.4, 0.5) is 10.5 Å². The minimum absolute atomic E-state index is 0.309. The summed E-state index contributed by atoms with van der Waals surface area (Å²) in [6.45, 7) is 0.309. The fraction of sp³-hybridized carbons (Fsp3) is 0.200. The molecule has 0 saturated heterocycles. The van der Waals surface area contributed by atoms with Crippen molar-refractivity contribution in [1.29, 1.82) is 0 Å². The largest absolute Gasteiger partial charge is 0.480 e. The van der Waals surface area contributed by atoms with Gasteiger partial charge in [-0.25, -0.2) is 9.59 Å². The summed E-state index contributed by atoms with van der Waals surface area (Å²) < 4.78 is 0. The van der Waals surface area contributed by atoms with Gasteiger partial charge in [-0.2, -0.15) is 11.3 Å². The highest BCUT2D eigenvalue weighted by Crippen LogP contribution is 2.24. The lowest BCUT2D eigenvalue weighted by molar-refractivity contribution is -0.142. The Bertz CT molecular complexity index is 669. The summed E-state index contributed by atoms with van der Waals surface area (Å²) in [5, 5.41) is 15.8. The number of anilines is 1. The predicted octanol–water partition coefficient (Wildman–Crippen LogP) is 2.79. The number of hydrogen-bond donors (Lipinski definition) is 2. The Hall–Kier alpha value is -2.34. The van der Waals surface area contributed by atoms with E-state index in [1.807, 2.05) is 35.0 Å². The molecule has 0 aliphatic carbocycles. The Balaban J connectivity index is 1.85. The molecule has 3 rings (SSSR count). The average molecular weight is 302 g/mol. The normalized spacial score (nSPS) is 17.1. The van der Waals surface area contributed by atoms with Crippen molar-refractivity contribution >= 4 is 29.0 Å². The Morgan fingerprint density at radius 2 is 2.00 bits per heavy atom. The number of benzene rings is 1. The number of nitrogens with zero attached hydrogens (tertiary/aromatic N) is 1. The second-order valence-electron chi connectivity index (χ2n) is 4.90. The van der Waals surface area contributed by atoms with E-state index in [-0.39, 0.29) is 6.03 Å². The van der Waals surface area contributed by atoms with Crippen LogP contribution in [-0.4, -0.2) is 28.0 Å². The van der Waals surface area contributed by atoms with Crippen molar-refractivity contribution in [1.82, 2.24) is 4.90 Å². The third kappa shape index (κ3) is 2.75. The fourth-order valence-electron chi connectivity index (χ4n) is 2.49. The molecule has 1 atom stereocenters. The number of nitrogens with one attached hydrogen (secondary N) is 1. The molecule has 21 heavy (non-hydrogen) atoms. The fourth-order valence-corrected chi connectivity index (χ4v) is 3.08. The van der Waals surface area contributed by atoms with Gasteiger partial charge in [-0.15, -0.1) is 0 Å². The highest BCUT2D eigenvalue weighted by molar-refractivity contribution is 7.08. The van der Waals surface area contributed by atoms with E-state index in [2.05, 4.69) is 5.32 Å². The van der Waals surface area contributed by atoms with Crippen molar-refractivity contribution < 1.29 is 14.7 Å². The molecule has 6 heteroatoms. The van der Waals surface area contributed by atoms with E-state index >= 15 is 0 Å². The van der Waals surface area contributed by atoms with Gasteiger partial charge in [0, 0.05) is 18.3 Å². The summed E-state index contributed by atoms with van der Waals surface area (Å²) >= 11 is 1.47. The van der Waals surface area contributed by atoms with Gasteiger partial charge < -0.3 is 15.3 Å². The first-order chi connectivity index (χ1) is 10.1. The molecule has 0 unspecified atom stereocenters. The molecule has 2 amide bonds. The number of carboxylic acids is 1. The molecule has 5 nitrogen and oxygen atoms in total. The molecule has 0 bridgehead atoms. The van der Waals surface area contributed by atoms with E-state index in [9.17, 15) is 14.7 Å². The van der Waals surface area contributed by atoms with Gasteiger partial charge in [-0.05, 0) is 22.6 Å². The molecule has 2 N–H and O–H groups in total. The van der Waals surface area contributed by atoms with Crippen LogP contribution < -0.4 is 5.32 Å². The van der Waals surface area contributed by atoms with Crippen LogP contribution in [0.5, 0.6) is 0 Å². The van der Waals surface area contributed by atoms with Crippen LogP contribution in [0.1, 0.15) is 11.1 Å². The van der Waals surface area contributed by atoms with Gasteiger partial charge in [0.25, 0.3) is 0 Å². The van der Waals surface area contributed by atoms with Crippen LogP contribution in [0.25, 0.3) is 0 Å². The quantitative estimate of drug-likeness (QED) is 0.896. The summed E-state index contributed by atoms with van der Waals surface area (Å²) in [7, 11) is 0. The smallest absolute Gasteiger partial charge is 0.326 e. The number of thiophene rings is 1. The van der Waals surface area contributed by atoms with Crippen molar-refractivity contribution in [2.45, 2.75) is 19.0 Å². The number of aliphatic carboxylic acids is 1. The number of rotatable bonds is 2. The molecule has 0 radical (unpaired) electrons. The van der Waals surface area contributed by atoms with Crippen LogP contribution in [-0.2, 0) is 17.8 Å². The van der Waals surface area contributed by atoms with Crippen molar-refractivity contribution in [2.24, 2.45) is 0 Å². The van der Waals surface area contributed by atoms with E-state index in [0.29, 0.717) is 18.7 Å². The van der Waals surface area contributed by atoms with Crippen LogP contribution in [0.2, 0.25) is 0 Å². The van der Waals surface area contributed by atoms with Gasteiger partial charge in [0.2, 0.25) is 0 Å². The highest BCUT2D eigenvalue weighted by atomic mass is 32.1. The Morgan fingerprint density at radius 3 is 2.67 bits per heavy atom. The number of hydrogen-bond acceptors (Lipinski definition) is 3. The molecule has 0 fully saturated rings. The first kappa shape index (κ1) is 13.6. The van der Waals surface area contributed by atoms with E-state index in [1.165, 1.54) is 16.2 Å². The predicted molar refractivity (Wildman–Crippen MR) is 80.5 cm³/mol. The first-order valence-electron chi connectivity index (χ1n) is 6.54. The molecule has 0 saturated carbocycles. The summed E-state index contributed by atoms with van der Waals surface area (Å²) in [6.07, 6.45) is 0.336. The van der Waals surface area contributed by atoms with E-state index in [0.717, 1.165) is 11.1 Å². The maximum atomic E-state index is 12.3. The maximum absolute atomic E-state index is 12.3. The Morgan fingerprint density at radius 1 is 1.24 bits per heavy atom. The van der Waals surface area contributed by atoms with Crippen LogP contribution in [0.3, 0.4) is 0 Å².